The van der Waals surface area contributed by atoms with Crippen LogP contribution >= 0.6 is 11.6 Å². The molecule has 2 aromatic rings. The second kappa shape index (κ2) is 5.75. The first-order valence-electron chi connectivity index (χ1n) is 8.10. The fraction of sp³-hybridized carbons (Fsp3) is 0.278. The minimum atomic E-state index is -3.72. The first-order chi connectivity index (χ1) is 11.8. The van der Waals surface area contributed by atoms with Crippen molar-refractivity contribution in [3.05, 3.63) is 52.0 Å². The highest BCUT2D eigenvalue weighted by molar-refractivity contribution is 7.92. The van der Waals surface area contributed by atoms with E-state index in [4.69, 9.17) is 11.6 Å². The molecule has 5 nitrogen and oxygen atoms in total. The molecule has 2 aliphatic rings. The molecule has 7 heteroatoms. The highest BCUT2D eigenvalue weighted by Gasteiger charge is 2.32. The number of amides is 1. The van der Waals surface area contributed by atoms with Gasteiger partial charge in [0.1, 0.15) is 0 Å². The Morgan fingerprint density at radius 1 is 1.08 bits per heavy atom. The number of carbonyl (C=O) groups excluding carboxylic acids is 1. The summed E-state index contributed by atoms with van der Waals surface area (Å²) in [5.41, 5.74) is 4.08. The molecule has 4 rings (SSSR count). The van der Waals surface area contributed by atoms with Gasteiger partial charge in [0, 0.05) is 18.0 Å². The molecule has 2 aromatic carbocycles. The van der Waals surface area contributed by atoms with Crippen LogP contribution in [0, 0.1) is 6.92 Å². The maximum atomic E-state index is 12.8. The lowest BCUT2D eigenvalue weighted by Gasteiger charge is -2.25. The number of rotatable bonds is 3. The van der Waals surface area contributed by atoms with E-state index in [9.17, 15) is 13.2 Å². The van der Waals surface area contributed by atoms with Crippen LogP contribution in [0.5, 0.6) is 0 Å². The van der Waals surface area contributed by atoms with Gasteiger partial charge >= 0.3 is 0 Å². The Hall–Kier alpha value is -2.05. The minimum absolute atomic E-state index is 0.120. The van der Waals surface area contributed by atoms with Gasteiger partial charge in [-0.15, -0.1) is 0 Å². The van der Waals surface area contributed by atoms with Crippen molar-refractivity contribution < 1.29 is 13.2 Å². The van der Waals surface area contributed by atoms with Crippen molar-refractivity contribution in [3.8, 4) is 0 Å². The quantitative estimate of drug-likeness (QED) is 0.893. The molecule has 0 aliphatic carbocycles. The van der Waals surface area contributed by atoms with Crippen LogP contribution < -0.4 is 9.62 Å². The summed E-state index contributed by atoms with van der Waals surface area (Å²) in [7, 11) is -3.72. The minimum Gasteiger partial charge on any atom is -0.312 e. The number of hydrogen-bond acceptors (Lipinski definition) is 3. The number of halogens is 1. The van der Waals surface area contributed by atoms with Crippen molar-refractivity contribution in [2.24, 2.45) is 0 Å². The highest BCUT2D eigenvalue weighted by Crippen LogP contribution is 2.38. The Morgan fingerprint density at radius 2 is 1.80 bits per heavy atom. The monoisotopic (exact) mass is 376 g/mol. The zero-order valence-electron chi connectivity index (χ0n) is 13.7. The molecule has 0 radical (unpaired) electrons. The van der Waals surface area contributed by atoms with Crippen molar-refractivity contribution >= 4 is 38.9 Å². The van der Waals surface area contributed by atoms with E-state index in [1.807, 2.05) is 6.92 Å². The molecular formula is C18H17ClN2O3S. The standard InChI is InChI=1S/C18H17ClN2O3S/c1-11-2-4-14(10-16(11)19)20-25(23,24)15-8-12-3-5-17(22)21-7-6-13(9-15)18(12)21/h2,4,8-10,20H,3,5-7H2,1H3. The summed E-state index contributed by atoms with van der Waals surface area (Å²) in [6.45, 7) is 2.49. The first kappa shape index (κ1) is 16.4. The predicted octanol–water partition coefficient (Wildman–Crippen LogP) is 3.28. The molecule has 25 heavy (non-hydrogen) atoms. The van der Waals surface area contributed by atoms with E-state index in [-0.39, 0.29) is 10.8 Å². The van der Waals surface area contributed by atoms with E-state index >= 15 is 0 Å². The van der Waals surface area contributed by atoms with E-state index in [0.29, 0.717) is 36.5 Å². The summed E-state index contributed by atoms with van der Waals surface area (Å²) in [6.07, 6.45) is 1.70. The Labute approximate surface area is 151 Å². The summed E-state index contributed by atoms with van der Waals surface area (Å²) in [6, 6.07) is 8.43. The summed E-state index contributed by atoms with van der Waals surface area (Å²) in [5.74, 6) is 0.120. The summed E-state index contributed by atoms with van der Waals surface area (Å²) in [5, 5.41) is 0.512. The summed E-state index contributed by atoms with van der Waals surface area (Å²) in [4.78, 5) is 14.0. The van der Waals surface area contributed by atoms with E-state index in [1.165, 1.54) is 0 Å². The van der Waals surface area contributed by atoms with Gasteiger partial charge in [-0.2, -0.15) is 0 Å². The topological polar surface area (TPSA) is 66.5 Å². The lowest BCUT2D eigenvalue weighted by molar-refractivity contribution is -0.118. The number of anilines is 2. The second-order valence-corrected chi connectivity index (χ2v) is 8.54. The van der Waals surface area contributed by atoms with Crippen LogP contribution in [0.15, 0.2) is 35.2 Å². The van der Waals surface area contributed by atoms with E-state index in [1.54, 1.807) is 35.2 Å². The smallest absolute Gasteiger partial charge is 0.261 e. The van der Waals surface area contributed by atoms with Gasteiger partial charge in [0.15, 0.2) is 0 Å². The number of sulfonamides is 1. The molecule has 0 fully saturated rings. The molecule has 0 aromatic heterocycles. The molecule has 0 saturated heterocycles. The number of carbonyl (C=O) groups is 1. The number of benzene rings is 2. The van der Waals surface area contributed by atoms with Crippen LogP contribution in [0.2, 0.25) is 5.02 Å². The van der Waals surface area contributed by atoms with Gasteiger partial charge in [0.05, 0.1) is 16.3 Å². The average Bonchev–Trinajstić information content (AvgIpc) is 2.99. The first-order valence-corrected chi connectivity index (χ1v) is 9.96. The van der Waals surface area contributed by atoms with Crippen LogP contribution in [0.1, 0.15) is 23.1 Å². The molecule has 1 N–H and O–H groups in total. The van der Waals surface area contributed by atoms with Gasteiger partial charge in [0.2, 0.25) is 5.91 Å². The zero-order valence-corrected chi connectivity index (χ0v) is 15.2. The molecule has 1 amide bonds. The lowest BCUT2D eigenvalue weighted by atomic mass is 10.00. The van der Waals surface area contributed by atoms with Crippen molar-refractivity contribution in [1.29, 1.82) is 0 Å². The van der Waals surface area contributed by atoms with E-state index in [2.05, 4.69) is 4.72 Å². The predicted molar refractivity (Wildman–Crippen MR) is 97.8 cm³/mol. The normalized spacial score (nSPS) is 16.1. The fourth-order valence-corrected chi connectivity index (χ4v) is 4.78. The Bertz CT molecular complexity index is 1000. The number of nitrogens with one attached hydrogen (secondary N) is 1. The highest BCUT2D eigenvalue weighted by atomic mass is 35.5. The lowest BCUT2D eigenvalue weighted by Crippen LogP contribution is -2.33. The van der Waals surface area contributed by atoms with Crippen LogP contribution in [0.25, 0.3) is 0 Å². The van der Waals surface area contributed by atoms with Crippen LogP contribution in [0.3, 0.4) is 0 Å². The van der Waals surface area contributed by atoms with Crippen molar-refractivity contribution in [2.45, 2.75) is 31.1 Å². The average molecular weight is 377 g/mol. The van der Waals surface area contributed by atoms with Gasteiger partial charge in [-0.05, 0) is 60.7 Å². The Balaban J connectivity index is 1.72. The van der Waals surface area contributed by atoms with E-state index < -0.39 is 10.0 Å². The van der Waals surface area contributed by atoms with E-state index in [0.717, 1.165) is 22.4 Å². The third-order valence-corrected chi connectivity index (χ3v) is 6.53. The van der Waals surface area contributed by atoms with Crippen LogP contribution in [-0.4, -0.2) is 20.9 Å². The molecule has 2 aliphatic heterocycles. The molecule has 0 saturated carbocycles. The van der Waals surface area contributed by atoms with Gasteiger partial charge < -0.3 is 4.90 Å². The maximum Gasteiger partial charge on any atom is 0.261 e. The summed E-state index contributed by atoms with van der Waals surface area (Å²) < 4.78 is 28.2. The molecule has 0 unspecified atom stereocenters. The van der Waals surface area contributed by atoms with Crippen LogP contribution in [-0.2, 0) is 27.7 Å². The van der Waals surface area contributed by atoms with Gasteiger partial charge in [-0.1, -0.05) is 17.7 Å². The van der Waals surface area contributed by atoms with Gasteiger partial charge in [-0.3, -0.25) is 9.52 Å². The fourth-order valence-electron chi connectivity index (χ4n) is 3.45. The van der Waals surface area contributed by atoms with Gasteiger partial charge in [-0.25, -0.2) is 8.42 Å². The molecule has 0 atom stereocenters. The molecular weight excluding hydrogens is 360 g/mol. The third kappa shape index (κ3) is 2.79. The van der Waals surface area contributed by atoms with Crippen LogP contribution in [0.4, 0.5) is 11.4 Å². The number of hydrogen-bond donors (Lipinski definition) is 1. The van der Waals surface area contributed by atoms with Gasteiger partial charge in [0.25, 0.3) is 10.0 Å². The molecule has 0 spiro atoms. The Morgan fingerprint density at radius 3 is 2.52 bits per heavy atom. The van der Waals surface area contributed by atoms with Crippen molar-refractivity contribution in [1.82, 2.24) is 0 Å². The molecule has 0 bridgehead atoms. The molecule has 2 heterocycles. The maximum absolute atomic E-state index is 12.8. The van der Waals surface area contributed by atoms with Crippen molar-refractivity contribution in [3.63, 3.8) is 0 Å². The van der Waals surface area contributed by atoms with Crippen molar-refractivity contribution in [2.75, 3.05) is 16.2 Å². The Kier molecular flexibility index (Phi) is 3.77. The second-order valence-electron chi connectivity index (χ2n) is 6.45. The summed E-state index contributed by atoms with van der Waals surface area (Å²) >= 11 is 6.08. The molecule has 130 valence electrons. The zero-order chi connectivity index (χ0) is 17.8. The SMILES string of the molecule is Cc1ccc(NS(=O)(=O)c2cc3c4c(c2)CCN4C(=O)CC3)cc1Cl. The number of nitrogens with zero attached hydrogens (tertiary/aromatic N) is 1. The number of aryl methyl sites for hydroxylation is 2. The largest absolute Gasteiger partial charge is 0.312 e. The third-order valence-electron chi connectivity index (χ3n) is 4.76.